The number of carbonyl (C=O) groups is 3. The number of furan rings is 1. The third-order valence-electron chi connectivity index (χ3n) is 3.78. The van der Waals surface area contributed by atoms with Gasteiger partial charge < -0.3 is 19.8 Å². The van der Waals surface area contributed by atoms with Gasteiger partial charge in [0.25, 0.3) is 5.91 Å². The average Bonchev–Trinajstić information content (AvgIpc) is 3.31. The molecule has 140 valence electrons. The lowest BCUT2D eigenvalue weighted by Gasteiger charge is -2.13. The van der Waals surface area contributed by atoms with Gasteiger partial charge in [0.15, 0.2) is 0 Å². The van der Waals surface area contributed by atoms with Gasteiger partial charge in [-0.3, -0.25) is 9.59 Å². The van der Waals surface area contributed by atoms with Gasteiger partial charge in [-0.05, 0) is 49.6 Å². The Morgan fingerprint density at radius 1 is 1.22 bits per heavy atom. The third kappa shape index (κ3) is 4.35. The number of carbonyl (C=O) groups excluding carboxylic acids is 3. The minimum absolute atomic E-state index is 0.316. The largest absolute Gasteiger partial charge is 0.472 e. The fourth-order valence-corrected chi connectivity index (χ4v) is 3.35. The summed E-state index contributed by atoms with van der Waals surface area (Å²) in [6, 6.07) is 7.87. The van der Waals surface area contributed by atoms with E-state index in [1.807, 2.05) is 6.07 Å². The molecule has 2 heterocycles. The molecule has 0 unspecified atom stereocenters. The second-order valence-electron chi connectivity index (χ2n) is 5.78. The summed E-state index contributed by atoms with van der Waals surface area (Å²) < 4.78 is 10.8. The molecule has 0 aliphatic heterocycles. The summed E-state index contributed by atoms with van der Waals surface area (Å²) in [7, 11) is 0. The summed E-state index contributed by atoms with van der Waals surface area (Å²) in [5, 5.41) is 6.19. The first-order valence-corrected chi connectivity index (χ1v) is 9.14. The summed E-state index contributed by atoms with van der Waals surface area (Å²) in [5.41, 5.74) is 0.922. The van der Waals surface area contributed by atoms with Crippen LogP contribution in [-0.4, -0.2) is 30.4 Å². The van der Waals surface area contributed by atoms with E-state index in [0.29, 0.717) is 22.7 Å². The van der Waals surface area contributed by atoms with E-state index in [-0.39, 0.29) is 11.9 Å². The molecule has 1 aromatic carbocycles. The van der Waals surface area contributed by atoms with Crippen molar-refractivity contribution in [3.63, 3.8) is 0 Å². The summed E-state index contributed by atoms with van der Waals surface area (Å²) in [6.45, 7) is 3.66. The highest BCUT2D eigenvalue weighted by Gasteiger charge is 2.18. The van der Waals surface area contributed by atoms with E-state index in [1.165, 1.54) is 29.9 Å². The molecule has 0 spiro atoms. The molecular weight excluding hydrogens is 368 g/mol. The van der Waals surface area contributed by atoms with Gasteiger partial charge in [-0.25, -0.2) is 4.79 Å². The SMILES string of the molecule is CCOC(=O)c1cc2cc(NC(=O)[C@H](C)NC(=O)c3ccoc3)ccc2s1. The number of ether oxygens (including phenoxy) is 1. The van der Waals surface area contributed by atoms with Gasteiger partial charge in [-0.15, -0.1) is 11.3 Å². The number of hydrogen-bond acceptors (Lipinski definition) is 6. The number of thiophene rings is 1. The number of esters is 1. The fraction of sp³-hybridized carbons (Fsp3) is 0.211. The van der Waals surface area contributed by atoms with Crippen LogP contribution in [0.5, 0.6) is 0 Å². The van der Waals surface area contributed by atoms with Gasteiger partial charge in [0.1, 0.15) is 17.2 Å². The van der Waals surface area contributed by atoms with E-state index in [4.69, 9.17) is 9.15 Å². The zero-order valence-electron chi connectivity index (χ0n) is 14.8. The van der Waals surface area contributed by atoms with Crippen molar-refractivity contribution >= 4 is 44.9 Å². The molecule has 0 fully saturated rings. The van der Waals surface area contributed by atoms with Gasteiger partial charge in [-0.2, -0.15) is 0 Å². The van der Waals surface area contributed by atoms with Crippen LogP contribution >= 0.6 is 11.3 Å². The Morgan fingerprint density at radius 2 is 2.04 bits per heavy atom. The van der Waals surface area contributed by atoms with Gasteiger partial charge in [0.05, 0.1) is 18.4 Å². The van der Waals surface area contributed by atoms with Crippen molar-refractivity contribution in [2.75, 3.05) is 11.9 Å². The lowest BCUT2D eigenvalue weighted by molar-refractivity contribution is -0.117. The quantitative estimate of drug-likeness (QED) is 0.633. The molecule has 2 aromatic heterocycles. The molecule has 0 bridgehead atoms. The van der Waals surface area contributed by atoms with Crippen LogP contribution in [0.3, 0.4) is 0 Å². The molecule has 8 heteroatoms. The molecule has 0 saturated heterocycles. The normalized spacial score (nSPS) is 11.8. The Kier molecular flexibility index (Phi) is 5.56. The molecule has 0 aliphatic carbocycles. The van der Waals surface area contributed by atoms with Gasteiger partial charge in [-0.1, -0.05) is 0 Å². The van der Waals surface area contributed by atoms with Crippen molar-refractivity contribution in [2.45, 2.75) is 19.9 Å². The van der Waals surface area contributed by atoms with Crippen LogP contribution < -0.4 is 10.6 Å². The number of fused-ring (bicyclic) bond motifs is 1. The van der Waals surface area contributed by atoms with Crippen LogP contribution in [-0.2, 0) is 9.53 Å². The van der Waals surface area contributed by atoms with E-state index in [2.05, 4.69) is 10.6 Å². The van der Waals surface area contributed by atoms with Crippen molar-refractivity contribution < 1.29 is 23.5 Å². The van der Waals surface area contributed by atoms with Crippen molar-refractivity contribution in [1.29, 1.82) is 0 Å². The Labute approximate surface area is 159 Å². The van der Waals surface area contributed by atoms with Crippen molar-refractivity contribution in [3.05, 3.63) is 53.3 Å². The smallest absolute Gasteiger partial charge is 0.348 e. The summed E-state index contributed by atoms with van der Waals surface area (Å²) in [6.07, 6.45) is 2.70. The Hall–Kier alpha value is -3.13. The van der Waals surface area contributed by atoms with Gasteiger partial charge >= 0.3 is 5.97 Å². The molecule has 3 rings (SSSR count). The zero-order chi connectivity index (χ0) is 19.4. The molecule has 27 heavy (non-hydrogen) atoms. The first-order chi connectivity index (χ1) is 13.0. The second kappa shape index (κ2) is 8.05. The van der Waals surface area contributed by atoms with E-state index < -0.39 is 11.9 Å². The molecular formula is C19H18N2O5S. The minimum Gasteiger partial charge on any atom is -0.472 e. The lowest BCUT2D eigenvalue weighted by atomic mass is 10.2. The molecule has 3 aromatic rings. The lowest BCUT2D eigenvalue weighted by Crippen LogP contribution is -2.41. The highest BCUT2D eigenvalue weighted by Crippen LogP contribution is 2.28. The van der Waals surface area contributed by atoms with Gasteiger partial charge in [0.2, 0.25) is 5.91 Å². The molecule has 2 amide bonds. The summed E-state index contributed by atoms with van der Waals surface area (Å²) >= 11 is 1.33. The fourth-order valence-electron chi connectivity index (χ4n) is 2.41. The van der Waals surface area contributed by atoms with E-state index >= 15 is 0 Å². The predicted molar refractivity (Wildman–Crippen MR) is 102 cm³/mol. The maximum atomic E-state index is 12.3. The third-order valence-corrected chi connectivity index (χ3v) is 4.88. The van der Waals surface area contributed by atoms with Crippen LogP contribution in [0.2, 0.25) is 0 Å². The van der Waals surface area contributed by atoms with Crippen molar-refractivity contribution in [3.8, 4) is 0 Å². The highest BCUT2D eigenvalue weighted by molar-refractivity contribution is 7.20. The first kappa shape index (κ1) is 18.7. The summed E-state index contributed by atoms with van der Waals surface area (Å²) in [4.78, 5) is 36.7. The Bertz CT molecular complexity index is 977. The van der Waals surface area contributed by atoms with Gasteiger partial charge in [0, 0.05) is 10.4 Å². The first-order valence-electron chi connectivity index (χ1n) is 8.32. The number of amides is 2. The van der Waals surface area contributed by atoms with Crippen molar-refractivity contribution in [2.24, 2.45) is 0 Å². The molecule has 0 radical (unpaired) electrons. The number of benzene rings is 1. The Balaban J connectivity index is 1.67. The predicted octanol–water partition coefficient (Wildman–Crippen LogP) is 3.43. The number of hydrogen-bond donors (Lipinski definition) is 2. The average molecular weight is 386 g/mol. The van der Waals surface area contributed by atoms with Crippen LogP contribution in [0.15, 0.2) is 47.3 Å². The van der Waals surface area contributed by atoms with Crippen LogP contribution in [0, 0.1) is 0 Å². The van der Waals surface area contributed by atoms with Crippen LogP contribution in [0.1, 0.15) is 33.9 Å². The molecule has 2 N–H and O–H groups in total. The highest BCUT2D eigenvalue weighted by atomic mass is 32.1. The Morgan fingerprint density at radius 3 is 2.74 bits per heavy atom. The number of nitrogens with one attached hydrogen (secondary N) is 2. The zero-order valence-corrected chi connectivity index (χ0v) is 15.6. The summed E-state index contributed by atoms with van der Waals surface area (Å²) in [5.74, 6) is -1.11. The molecule has 1 atom stereocenters. The number of rotatable bonds is 6. The van der Waals surface area contributed by atoms with E-state index in [0.717, 1.165) is 10.1 Å². The monoisotopic (exact) mass is 386 g/mol. The molecule has 0 aliphatic rings. The second-order valence-corrected chi connectivity index (χ2v) is 6.86. The van der Waals surface area contributed by atoms with E-state index in [9.17, 15) is 14.4 Å². The van der Waals surface area contributed by atoms with Crippen LogP contribution in [0.25, 0.3) is 10.1 Å². The van der Waals surface area contributed by atoms with Crippen LogP contribution in [0.4, 0.5) is 5.69 Å². The number of anilines is 1. The van der Waals surface area contributed by atoms with E-state index in [1.54, 1.807) is 32.0 Å². The standard InChI is InChI=1S/C19H18N2O5S/c1-3-26-19(24)16-9-13-8-14(4-5-15(13)27-16)21-17(22)11(2)20-18(23)12-6-7-25-10-12/h4-11H,3H2,1-2H3,(H,20,23)(H,21,22)/t11-/m0/s1. The molecule has 0 saturated carbocycles. The topological polar surface area (TPSA) is 97.6 Å². The maximum Gasteiger partial charge on any atom is 0.348 e. The minimum atomic E-state index is -0.735. The molecule has 7 nitrogen and oxygen atoms in total. The maximum absolute atomic E-state index is 12.3. The van der Waals surface area contributed by atoms with Crippen molar-refractivity contribution in [1.82, 2.24) is 5.32 Å².